The highest BCUT2D eigenvalue weighted by molar-refractivity contribution is 5.29. The molecule has 0 aromatic rings. The van der Waals surface area contributed by atoms with Gasteiger partial charge in [0.15, 0.2) is 0 Å². The molecule has 0 aliphatic carbocycles. The van der Waals surface area contributed by atoms with E-state index in [0.717, 1.165) is 18.4 Å². The lowest BCUT2D eigenvalue weighted by Gasteiger charge is -2.07. The fraction of sp³-hybridized carbons (Fsp3) is 0.571. The van der Waals surface area contributed by atoms with Gasteiger partial charge in [-0.25, -0.2) is 4.39 Å². The fourth-order valence-corrected chi connectivity index (χ4v) is 1.31. The molecule has 0 rings (SSSR count). The molecule has 0 aromatic carbocycles. The van der Waals surface area contributed by atoms with Crippen molar-refractivity contribution in [1.82, 2.24) is 0 Å². The molecule has 1 heteroatoms. The molecule has 0 aliphatic heterocycles. The summed E-state index contributed by atoms with van der Waals surface area (Å²) in [6, 6.07) is 0. The summed E-state index contributed by atoms with van der Waals surface area (Å²) >= 11 is 0. The predicted octanol–water partition coefficient (Wildman–Crippen LogP) is 5.04. The minimum atomic E-state index is -0.203. The van der Waals surface area contributed by atoms with E-state index in [4.69, 9.17) is 0 Å². The normalized spacial score (nSPS) is 13.8. The summed E-state index contributed by atoms with van der Waals surface area (Å²) in [4.78, 5) is 0. The summed E-state index contributed by atoms with van der Waals surface area (Å²) in [6.45, 7) is 11.8. The maximum atomic E-state index is 13.3. The van der Waals surface area contributed by atoms with Crippen LogP contribution in [0.25, 0.3) is 0 Å². The van der Waals surface area contributed by atoms with Crippen molar-refractivity contribution in [1.29, 1.82) is 0 Å². The zero-order valence-corrected chi connectivity index (χ0v) is 10.4. The minimum absolute atomic E-state index is 0.203. The highest BCUT2D eigenvalue weighted by Gasteiger charge is 2.04. The summed E-state index contributed by atoms with van der Waals surface area (Å²) in [7, 11) is 0. The van der Waals surface area contributed by atoms with Crippen LogP contribution in [0.2, 0.25) is 0 Å². The van der Waals surface area contributed by atoms with E-state index in [0.29, 0.717) is 5.92 Å². The van der Waals surface area contributed by atoms with Gasteiger partial charge in [-0.1, -0.05) is 46.4 Å². The first-order valence-corrected chi connectivity index (χ1v) is 5.67. The Kier molecular flexibility index (Phi) is 7.02. The van der Waals surface area contributed by atoms with Gasteiger partial charge >= 0.3 is 0 Å². The summed E-state index contributed by atoms with van der Waals surface area (Å²) in [5, 5.41) is 0. The molecule has 0 aliphatic rings. The van der Waals surface area contributed by atoms with E-state index in [9.17, 15) is 4.39 Å². The van der Waals surface area contributed by atoms with Crippen LogP contribution in [0, 0.1) is 11.8 Å². The van der Waals surface area contributed by atoms with Crippen molar-refractivity contribution in [3.63, 3.8) is 0 Å². The van der Waals surface area contributed by atoms with Crippen LogP contribution in [0.15, 0.2) is 36.2 Å². The second kappa shape index (κ2) is 7.44. The minimum Gasteiger partial charge on any atom is -0.207 e. The molecule has 0 fully saturated rings. The van der Waals surface area contributed by atoms with E-state index in [1.54, 1.807) is 0 Å². The quantitative estimate of drug-likeness (QED) is 0.538. The smallest absolute Gasteiger partial charge is 0.126 e. The van der Waals surface area contributed by atoms with Gasteiger partial charge in [-0.15, -0.1) is 0 Å². The second-order valence-corrected chi connectivity index (χ2v) is 4.54. The lowest BCUT2D eigenvalue weighted by Crippen LogP contribution is -1.93. The van der Waals surface area contributed by atoms with Crippen molar-refractivity contribution in [2.45, 2.75) is 40.5 Å². The second-order valence-electron chi connectivity index (χ2n) is 4.54. The summed E-state index contributed by atoms with van der Waals surface area (Å²) in [6.07, 6.45) is 7.39. The molecule has 86 valence electrons. The molecule has 0 N–H and O–H groups in total. The van der Waals surface area contributed by atoms with Gasteiger partial charge < -0.3 is 0 Å². The molecule has 0 amide bonds. The van der Waals surface area contributed by atoms with E-state index in [1.807, 2.05) is 19.9 Å². The third-order valence-electron chi connectivity index (χ3n) is 2.29. The van der Waals surface area contributed by atoms with Gasteiger partial charge in [0.05, 0.1) is 0 Å². The number of rotatable bonds is 6. The predicted molar refractivity (Wildman–Crippen MR) is 66.4 cm³/mol. The molecule has 0 saturated heterocycles. The highest BCUT2D eigenvalue weighted by Crippen LogP contribution is 2.19. The van der Waals surface area contributed by atoms with Gasteiger partial charge in [-0.2, -0.15) is 0 Å². The van der Waals surface area contributed by atoms with Crippen molar-refractivity contribution in [3.8, 4) is 0 Å². The Bertz CT molecular complexity index is 244. The summed E-state index contributed by atoms with van der Waals surface area (Å²) < 4.78 is 13.3. The maximum absolute atomic E-state index is 13.3. The van der Waals surface area contributed by atoms with Crippen LogP contribution in [-0.2, 0) is 0 Å². The van der Waals surface area contributed by atoms with E-state index >= 15 is 0 Å². The number of allylic oxidation sites excluding steroid dienone is 5. The first kappa shape index (κ1) is 14.2. The van der Waals surface area contributed by atoms with Crippen LogP contribution >= 0.6 is 0 Å². The zero-order valence-electron chi connectivity index (χ0n) is 10.4. The molecule has 0 spiro atoms. The average Bonchev–Trinajstić information content (AvgIpc) is 2.15. The Morgan fingerprint density at radius 3 is 2.27 bits per heavy atom. The Hall–Kier alpha value is -0.850. The van der Waals surface area contributed by atoms with Crippen LogP contribution in [0.5, 0.6) is 0 Å². The SMILES string of the molecule is C=C/C(F)=C(\C=C/CCC(C)C)C(C)C. The van der Waals surface area contributed by atoms with Crippen molar-refractivity contribution in [2.75, 3.05) is 0 Å². The summed E-state index contributed by atoms with van der Waals surface area (Å²) in [5.74, 6) is 0.703. The number of hydrogen-bond acceptors (Lipinski definition) is 0. The standard InChI is InChI=1S/C14H23F/c1-6-14(15)13(12(4)5)10-8-7-9-11(2)3/h6,8,10-12H,1,7,9H2,2-5H3/b10-8-,14-13-. The molecule has 0 nitrogen and oxygen atoms in total. The zero-order chi connectivity index (χ0) is 11.8. The van der Waals surface area contributed by atoms with E-state index in [2.05, 4.69) is 26.5 Å². The lowest BCUT2D eigenvalue weighted by molar-refractivity contribution is 0.593. The highest BCUT2D eigenvalue weighted by atomic mass is 19.1. The largest absolute Gasteiger partial charge is 0.207 e. The number of hydrogen-bond donors (Lipinski definition) is 0. The molecule has 0 aromatic heterocycles. The van der Waals surface area contributed by atoms with Crippen LogP contribution in [0.1, 0.15) is 40.5 Å². The molecular formula is C14H23F. The van der Waals surface area contributed by atoms with Crippen molar-refractivity contribution in [2.24, 2.45) is 11.8 Å². The summed E-state index contributed by atoms with van der Waals surface area (Å²) in [5.41, 5.74) is 0.744. The van der Waals surface area contributed by atoms with Gasteiger partial charge in [-0.3, -0.25) is 0 Å². The molecule has 0 bridgehead atoms. The monoisotopic (exact) mass is 210 g/mol. The molecule has 0 unspecified atom stereocenters. The van der Waals surface area contributed by atoms with Crippen LogP contribution in [0.3, 0.4) is 0 Å². The Labute approximate surface area is 93.6 Å². The molecule has 15 heavy (non-hydrogen) atoms. The Morgan fingerprint density at radius 1 is 1.27 bits per heavy atom. The molecular weight excluding hydrogens is 187 g/mol. The fourth-order valence-electron chi connectivity index (χ4n) is 1.31. The molecule has 0 heterocycles. The third kappa shape index (κ3) is 6.27. The van der Waals surface area contributed by atoms with Gasteiger partial charge in [0.2, 0.25) is 0 Å². The van der Waals surface area contributed by atoms with Crippen molar-refractivity contribution >= 4 is 0 Å². The van der Waals surface area contributed by atoms with Crippen LogP contribution in [-0.4, -0.2) is 0 Å². The Balaban J connectivity index is 4.37. The maximum Gasteiger partial charge on any atom is 0.126 e. The van der Waals surface area contributed by atoms with Gasteiger partial charge in [0.25, 0.3) is 0 Å². The van der Waals surface area contributed by atoms with E-state index in [-0.39, 0.29) is 11.7 Å². The van der Waals surface area contributed by atoms with Crippen LogP contribution < -0.4 is 0 Å². The van der Waals surface area contributed by atoms with Gasteiger partial charge in [0, 0.05) is 0 Å². The van der Waals surface area contributed by atoms with E-state index < -0.39 is 0 Å². The van der Waals surface area contributed by atoms with Crippen LogP contribution in [0.4, 0.5) is 4.39 Å². The van der Waals surface area contributed by atoms with Crippen molar-refractivity contribution < 1.29 is 4.39 Å². The third-order valence-corrected chi connectivity index (χ3v) is 2.29. The topological polar surface area (TPSA) is 0 Å². The molecule has 0 saturated carbocycles. The first-order chi connectivity index (χ1) is 6.99. The number of halogens is 1. The first-order valence-electron chi connectivity index (χ1n) is 5.67. The van der Waals surface area contributed by atoms with Gasteiger partial charge in [-0.05, 0) is 36.3 Å². The van der Waals surface area contributed by atoms with E-state index in [1.165, 1.54) is 6.08 Å². The molecule has 0 atom stereocenters. The Morgan fingerprint density at radius 2 is 1.87 bits per heavy atom. The lowest BCUT2D eigenvalue weighted by atomic mass is 10.0. The average molecular weight is 210 g/mol. The molecule has 0 radical (unpaired) electrons. The van der Waals surface area contributed by atoms with Gasteiger partial charge in [0.1, 0.15) is 5.83 Å². The van der Waals surface area contributed by atoms with Crippen molar-refractivity contribution in [3.05, 3.63) is 36.2 Å².